The molecule has 0 spiro atoms. The summed E-state index contributed by atoms with van der Waals surface area (Å²) in [7, 11) is 2.86. The predicted molar refractivity (Wildman–Crippen MR) is 90.8 cm³/mol. The van der Waals surface area contributed by atoms with Crippen molar-refractivity contribution in [3.05, 3.63) is 23.8 Å². The molecule has 0 aliphatic rings. The van der Waals surface area contributed by atoms with Crippen molar-refractivity contribution in [2.24, 2.45) is 0 Å². The minimum absolute atomic E-state index is 0.0802. The highest BCUT2D eigenvalue weighted by Gasteiger charge is 2.21. The van der Waals surface area contributed by atoms with Crippen LogP contribution < -0.4 is 14.8 Å². The molecule has 0 saturated carbocycles. The molecule has 0 unspecified atom stereocenters. The van der Waals surface area contributed by atoms with Gasteiger partial charge in [0.05, 0.1) is 20.8 Å². The summed E-state index contributed by atoms with van der Waals surface area (Å²) in [5.74, 6) is -0.813. The zero-order valence-electron chi connectivity index (χ0n) is 15.0. The molecule has 1 rings (SSSR count). The molecule has 1 aromatic carbocycles. The fourth-order valence-corrected chi connectivity index (χ4v) is 2.15. The number of hydrogen-bond acceptors (Lipinski definition) is 6. The van der Waals surface area contributed by atoms with Gasteiger partial charge in [0.15, 0.2) is 18.1 Å². The average Bonchev–Trinajstić information content (AvgIpc) is 2.63. The number of ether oxygens (including phenoxy) is 3. The number of rotatable bonds is 9. The van der Waals surface area contributed by atoms with Crippen LogP contribution in [0.25, 0.3) is 0 Å². The second-order valence-electron chi connectivity index (χ2n) is 4.98. The van der Waals surface area contributed by atoms with Crippen LogP contribution in [0.1, 0.15) is 24.2 Å². The van der Waals surface area contributed by atoms with Gasteiger partial charge in [0, 0.05) is 13.1 Å². The summed E-state index contributed by atoms with van der Waals surface area (Å²) >= 11 is 0. The molecule has 0 heterocycles. The van der Waals surface area contributed by atoms with Gasteiger partial charge < -0.3 is 24.4 Å². The van der Waals surface area contributed by atoms with E-state index in [2.05, 4.69) is 5.32 Å². The Bertz CT molecular complexity index is 617. The lowest BCUT2D eigenvalue weighted by Gasteiger charge is -2.20. The van der Waals surface area contributed by atoms with E-state index in [1.165, 1.54) is 25.2 Å². The molecule has 1 aromatic rings. The van der Waals surface area contributed by atoms with Crippen molar-refractivity contribution in [1.29, 1.82) is 0 Å². The standard InChI is InChI=1S/C17H24N2O6/c1-5-18-14(20)10-19(6-2)15(21)11-25-17(22)12-8-7-9-13(23-3)16(12)24-4/h7-9H,5-6,10-11H2,1-4H3,(H,18,20). The summed E-state index contributed by atoms with van der Waals surface area (Å²) in [6.45, 7) is 3.80. The van der Waals surface area contributed by atoms with Crippen molar-refractivity contribution in [1.82, 2.24) is 10.2 Å². The molecule has 0 fully saturated rings. The predicted octanol–water partition coefficient (Wildman–Crippen LogP) is 0.845. The highest BCUT2D eigenvalue weighted by Crippen LogP contribution is 2.31. The van der Waals surface area contributed by atoms with E-state index in [4.69, 9.17) is 14.2 Å². The van der Waals surface area contributed by atoms with Crippen LogP contribution in [-0.4, -0.2) is 63.1 Å². The lowest BCUT2D eigenvalue weighted by molar-refractivity contribution is -0.138. The van der Waals surface area contributed by atoms with E-state index in [0.717, 1.165) is 0 Å². The monoisotopic (exact) mass is 352 g/mol. The van der Waals surface area contributed by atoms with Crippen molar-refractivity contribution in [3.63, 3.8) is 0 Å². The molecular weight excluding hydrogens is 328 g/mol. The molecule has 0 atom stereocenters. The van der Waals surface area contributed by atoms with Crippen molar-refractivity contribution >= 4 is 17.8 Å². The van der Waals surface area contributed by atoms with Gasteiger partial charge in [0.2, 0.25) is 5.91 Å². The van der Waals surface area contributed by atoms with Gasteiger partial charge in [-0.3, -0.25) is 9.59 Å². The number of carbonyl (C=O) groups excluding carboxylic acids is 3. The molecule has 0 aliphatic carbocycles. The quantitative estimate of drug-likeness (QED) is 0.662. The van der Waals surface area contributed by atoms with Crippen LogP contribution in [0.2, 0.25) is 0 Å². The topological polar surface area (TPSA) is 94.2 Å². The maximum atomic E-state index is 12.2. The summed E-state index contributed by atoms with van der Waals surface area (Å²) < 4.78 is 15.4. The number of methoxy groups -OCH3 is 2. The van der Waals surface area contributed by atoms with Gasteiger partial charge in [-0.1, -0.05) is 6.07 Å². The Labute approximate surface area is 147 Å². The smallest absolute Gasteiger partial charge is 0.342 e. The molecule has 1 N–H and O–H groups in total. The summed E-state index contributed by atoms with van der Waals surface area (Å²) in [6, 6.07) is 4.78. The van der Waals surface area contributed by atoms with Crippen molar-refractivity contribution in [3.8, 4) is 11.5 Å². The number of nitrogens with zero attached hydrogens (tertiary/aromatic N) is 1. The number of esters is 1. The van der Waals surface area contributed by atoms with Crippen molar-refractivity contribution < 1.29 is 28.6 Å². The summed E-state index contributed by atoms with van der Waals surface area (Å²) in [6.07, 6.45) is 0. The Morgan fingerprint density at radius 3 is 2.40 bits per heavy atom. The maximum absolute atomic E-state index is 12.2. The van der Waals surface area contributed by atoms with E-state index in [-0.39, 0.29) is 23.8 Å². The molecular formula is C17H24N2O6. The van der Waals surface area contributed by atoms with Crippen LogP contribution in [-0.2, 0) is 14.3 Å². The van der Waals surface area contributed by atoms with Gasteiger partial charge in [-0.05, 0) is 26.0 Å². The fourth-order valence-electron chi connectivity index (χ4n) is 2.15. The van der Waals surface area contributed by atoms with Gasteiger partial charge in [0.1, 0.15) is 5.56 Å². The zero-order valence-corrected chi connectivity index (χ0v) is 15.0. The van der Waals surface area contributed by atoms with E-state index in [9.17, 15) is 14.4 Å². The first kappa shape index (κ1) is 20.3. The summed E-state index contributed by atoms with van der Waals surface area (Å²) in [5.41, 5.74) is 0.154. The number of likely N-dealkylation sites (N-methyl/N-ethyl adjacent to an activating group) is 2. The molecule has 0 saturated heterocycles. The number of hydrogen-bond donors (Lipinski definition) is 1. The van der Waals surface area contributed by atoms with Crippen LogP contribution in [0.4, 0.5) is 0 Å². The van der Waals surface area contributed by atoms with Gasteiger partial charge >= 0.3 is 5.97 Å². The molecule has 0 radical (unpaired) electrons. The van der Waals surface area contributed by atoms with E-state index in [0.29, 0.717) is 18.8 Å². The minimum Gasteiger partial charge on any atom is -0.493 e. The van der Waals surface area contributed by atoms with Gasteiger partial charge in [-0.25, -0.2) is 4.79 Å². The maximum Gasteiger partial charge on any atom is 0.342 e. The molecule has 0 bridgehead atoms. The fraction of sp³-hybridized carbons (Fsp3) is 0.471. The third kappa shape index (κ3) is 5.66. The highest BCUT2D eigenvalue weighted by molar-refractivity contribution is 5.95. The third-order valence-corrected chi connectivity index (χ3v) is 3.39. The van der Waals surface area contributed by atoms with Crippen LogP contribution in [0, 0.1) is 0 Å². The van der Waals surface area contributed by atoms with Crippen LogP contribution in [0.15, 0.2) is 18.2 Å². The zero-order chi connectivity index (χ0) is 18.8. The number of benzene rings is 1. The first-order valence-corrected chi connectivity index (χ1v) is 7.90. The van der Waals surface area contributed by atoms with E-state index in [1.54, 1.807) is 26.0 Å². The molecule has 138 valence electrons. The average molecular weight is 352 g/mol. The largest absolute Gasteiger partial charge is 0.493 e. The van der Waals surface area contributed by atoms with E-state index in [1.807, 2.05) is 0 Å². The Kier molecular flexibility index (Phi) is 8.25. The lowest BCUT2D eigenvalue weighted by atomic mass is 10.2. The lowest BCUT2D eigenvalue weighted by Crippen LogP contribution is -2.42. The number of carbonyl (C=O) groups is 3. The van der Waals surface area contributed by atoms with Crippen LogP contribution in [0.3, 0.4) is 0 Å². The molecule has 25 heavy (non-hydrogen) atoms. The number of amides is 2. The van der Waals surface area contributed by atoms with Crippen LogP contribution in [0.5, 0.6) is 11.5 Å². The van der Waals surface area contributed by atoms with Crippen molar-refractivity contribution in [2.45, 2.75) is 13.8 Å². The van der Waals surface area contributed by atoms with Gasteiger partial charge in [0.25, 0.3) is 5.91 Å². The first-order chi connectivity index (χ1) is 12.0. The molecule has 0 aromatic heterocycles. The Morgan fingerprint density at radius 2 is 1.84 bits per heavy atom. The highest BCUT2D eigenvalue weighted by atomic mass is 16.5. The molecule has 8 nitrogen and oxygen atoms in total. The van der Waals surface area contributed by atoms with Gasteiger partial charge in [-0.2, -0.15) is 0 Å². The SMILES string of the molecule is CCNC(=O)CN(CC)C(=O)COC(=O)c1cccc(OC)c1OC. The third-order valence-electron chi connectivity index (χ3n) is 3.39. The Balaban J connectivity index is 2.72. The molecule has 0 aliphatic heterocycles. The van der Waals surface area contributed by atoms with E-state index >= 15 is 0 Å². The van der Waals surface area contributed by atoms with Crippen LogP contribution >= 0.6 is 0 Å². The number of para-hydroxylation sites is 1. The first-order valence-electron chi connectivity index (χ1n) is 7.90. The Morgan fingerprint density at radius 1 is 1.12 bits per heavy atom. The van der Waals surface area contributed by atoms with Crippen molar-refractivity contribution in [2.75, 3.05) is 40.5 Å². The normalized spacial score (nSPS) is 9.92. The molecule has 2 amide bonds. The summed E-state index contributed by atoms with van der Waals surface area (Å²) in [4.78, 5) is 37.3. The van der Waals surface area contributed by atoms with Gasteiger partial charge in [-0.15, -0.1) is 0 Å². The Hall–Kier alpha value is -2.77. The molecule has 8 heteroatoms. The number of nitrogens with one attached hydrogen (secondary N) is 1. The second-order valence-corrected chi connectivity index (χ2v) is 4.98. The van der Waals surface area contributed by atoms with E-state index < -0.39 is 18.5 Å². The minimum atomic E-state index is -0.710. The summed E-state index contributed by atoms with van der Waals surface area (Å²) in [5, 5.41) is 2.61. The second kappa shape index (κ2) is 10.2.